The summed E-state index contributed by atoms with van der Waals surface area (Å²) >= 11 is 0. The number of rotatable bonds is 4. The van der Waals surface area contributed by atoms with Crippen LogP contribution in [0.4, 0.5) is 8.78 Å². The van der Waals surface area contributed by atoms with Gasteiger partial charge < -0.3 is 10.4 Å². The molecule has 2 rings (SSSR count). The van der Waals surface area contributed by atoms with Crippen LogP contribution in [-0.4, -0.2) is 23.0 Å². The maximum Gasteiger partial charge on any atom is 0.308 e. The molecule has 4 nitrogen and oxygen atoms in total. The predicted molar refractivity (Wildman–Crippen MR) is 67.0 cm³/mol. The zero-order valence-corrected chi connectivity index (χ0v) is 10.7. The second-order valence-corrected chi connectivity index (χ2v) is 4.93. The molecule has 1 fully saturated rings. The number of aliphatic carboxylic acids is 1. The third-order valence-electron chi connectivity index (χ3n) is 3.58. The average Bonchev–Trinajstić information content (AvgIpc) is 2.82. The molecule has 1 aliphatic carbocycles. The molecule has 1 aliphatic rings. The number of carboxylic acids is 1. The highest BCUT2D eigenvalue weighted by molar-refractivity contribution is 5.80. The molecule has 2 N–H and O–H groups in total. The number of halogens is 2. The standard InChI is InChI=1S/C14H15F2NO3/c15-10-4-2-5-11(16)9(10)7-13(18)17-12-6-1-3-8(12)14(19)20/h2,4-5,8,12H,1,3,6-7H2,(H,17,18)(H,19,20). The van der Waals surface area contributed by atoms with Gasteiger partial charge in [-0.1, -0.05) is 12.5 Å². The minimum absolute atomic E-state index is 0.296. The number of hydrogen-bond donors (Lipinski definition) is 2. The first-order chi connectivity index (χ1) is 9.49. The number of amides is 1. The molecule has 1 aromatic rings. The zero-order valence-electron chi connectivity index (χ0n) is 10.7. The van der Waals surface area contributed by atoms with Gasteiger partial charge in [-0.3, -0.25) is 9.59 Å². The van der Waals surface area contributed by atoms with E-state index < -0.39 is 41.9 Å². The Morgan fingerprint density at radius 3 is 2.50 bits per heavy atom. The lowest BCUT2D eigenvalue weighted by Crippen LogP contribution is -2.41. The van der Waals surface area contributed by atoms with E-state index >= 15 is 0 Å². The van der Waals surface area contributed by atoms with Gasteiger partial charge >= 0.3 is 5.97 Å². The van der Waals surface area contributed by atoms with Crippen molar-refractivity contribution >= 4 is 11.9 Å². The van der Waals surface area contributed by atoms with Crippen molar-refractivity contribution in [2.45, 2.75) is 31.7 Å². The topological polar surface area (TPSA) is 66.4 Å². The first kappa shape index (κ1) is 14.4. The molecule has 0 spiro atoms. The van der Waals surface area contributed by atoms with E-state index in [1.165, 1.54) is 6.07 Å². The summed E-state index contributed by atoms with van der Waals surface area (Å²) in [5, 5.41) is 11.6. The molecular formula is C14H15F2NO3. The maximum atomic E-state index is 13.4. The Morgan fingerprint density at radius 1 is 1.25 bits per heavy atom. The molecule has 0 saturated heterocycles. The van der Waals surface area contributed by atoms with Gasteiger partial charge in [-0.05, 0) is 25.0 Å². The molecule has 2 atom stereocenters. The van der Waals surface area contributed by atoms with Gasteiger partial charge in [0, 0.05) is 11.6 Å². The molecule has 1 aromatic carbocycles. The first-order valence-electron chi connectivity index (χ1n) is 6.44. The summed E-state index contributed by atoms with van der Waals surface area (Å²) in [6, 6.07) is 2.93. The maximum absolute atomic E-state index is 13.4. The van der Waals surface area contributed by atoms with Crippen LogP contribution in [0.25, 0.3) is 0 Å². The minimum Gasteiger partial charge on any atom is -0.481 e. The first-order valence-corrected chi connectivity index (χ1v) is 6.44. The van der Waals surface area contributed by atoms with Crippen molar-refractivity contribution in [1.29, 1.82) is 0 Å². The smallest absolute Gasteiger partial charge is 0.308 e. The molecule has 0 bridgehead atoms. The molecular weight excluding hydrogens is 268 g/mol. The predicted octanol–water partition coefficient (Wildman–Crippen LogP) is 1.88. The van der Waals surface area contributed by atoms with Crippen molar-refractivity contribution in [2.24, 2.45) is 5.92 Å². The summed E-state index contributed by atoms with van der Waals surface area (Å²) < 4.78 is 26.8. The lowest BCUT2D eigenvalue weighted by molar-refractivity contribution is -0.142. The van der Waals surface area contributed by atoms with E-state index in [9.17, 15) is 18.4 Å². The highest BCUT2D eigenvalue weighted by Gasteiger charge is 2.33. The monoisotopic (exact) mass is 283 g/mol. The highest BCUT2D eigenvalue weighted by atomic mass is 19.1. The van der Waals surface area contributed by atoms with Gasteiger partial charge in [-0.15, -0.1) is 0 Å². The number of nitrogens with one attached hydrogen (secondary N) is 1. The Balaban J connectivity index is 2.01. The van der Waals surface area contributed by atoms with E-state index in [1.807, 2.05) is 0 Å². The van der Waals surface area contributed by atoms with Gasteiger partial charge in [-0.2, -0.15) is 0 Å². The Hall–Kier alpha value is -1.98. The fourth-order valence-electron chi connectivity index (χ4n) is 2.55. The van der Waals surface area contributed by atoms with Crippen molar-refractivity contribution < 1.29 is 23.5 Å². The molecule has 0 aliphatic heterocycles. The molecule has 2 unspecified atom stereocenters. The van der Waals surface area contributed by atoms with E-state index in [1.54, 1.807) is 0 Å². The Labute approximate surface area is 114 Å². The van der Waals surface area contributed by atoms with Crippen molar-refractivity contribution in [3.63, 3.8) is 0 Å². The molecule has 6 heteroatoms. The molecule has 1 amide bonds. The van der Waals surface area contributed by atoms with E-state index in [2.05, 4.69) is 5.32 Å². The summed E-state index contributed by atoms with van der Waals surface area (Å²) in [5.74, 6) is -3.69. The third-order valence-corrected chi connectivity index (χ3v) is 3.58. The van der Waals surface area contributed by atoms with Gasteiger partial charge in [0.1, 0.15) is 11.6 Å². The van der Waals surface area contributed by atoms with Crippen LogP contribution in [0.1, 0.15) is 24.8 Å². The van der Waals surface area contributed by atoms with Crippen LogP contribution in [0.3, 0.4) is 0 Å². The van der Waals surface area contributed by atoms with Crippen molar-refractivity contribution in [3.05, 3.63) is 35.4 Å². The summed E-state index contributed by atoms with van der Waals surface area (Å²) in [6.45, 7) is 0. The van der Waals surface area contributed by atoms with Crippen molar-refractivity contribution in [3.8, 4) is 0 Å². The number of hydrogen-bond acceptors (Lipinski definition) is 2. The SMILES string of the molecule is O=C(Cc1c(F)cccc1F)NC1CCCC1C(=O)O. The van der Waals surface area contributed by atoms with Crippen LogP contribution in [0.5, 0.6) is 0 Å². The third kappa shape index (κ3) is 3.12. The molecule has 0 heterocycles. The second kappa shape index (κ2) is 5.98. The van der Waals surface area contributed by atoms with Crippen LogP contribution in [0.15, 0.2) is 18.2 Å². The second-order valence-electron chi connectivity index (χ2n) is 4.93. The Morgan fingerprint density at radius 2 is 1.90 bits per heavy atom. The fourth-order valence-corrected chi connectivity index (χ4v) is 2.55. The van der Waals surface area contributed by atoms with Crippen molar-refractivity contribution in [2.75, 3.05) is 0 Å². The number of carbonyl (C=O) groups is 2. The number of benzene rings is 1. The van der Waals surface area contributed by atoms with Gasteiger partial charge in [0.2, 0.25) is 5.91 Å². The van der Waals surface area contributed by atoms with Crippen LogP contribution in [-0.2, 0) is 16.0 Å². The summed E-state index contributed by atoms with van der Waals surface area (Å²) in [4.78, 5) is 22.8. The van der Waals surface area contributed by atoms with Gasteiger partial charge in [0.15, 0.2) is 0 Å². The summed E-state index contributed by atoms with van der Waals surface area (Å²) in [7, 11) is 0. The number of carboxylic acid groups (broad SMARTS) is 1. The summed E-state index contributed by atoms with van der Waals surface area (Å²) in [6.07, 6.45) is 1.37. The van der Waals surface area contributed by atoms with Crippen LogP contribution in [0.2, 0.25) is 0 Å². The quantitative estimate of drug-likeness (QED) is 0.886. The van der Waals surface area contributed by atoms with Crippen LogP contribution in [0, 0.1) is 17.6 Å². The lowest BCUT2D eigenvalue weighted by Gasteiger charge is -2.17. The average molecular weight is 283 g/mol. The zero-order chi connectivity index (χ0) is 14.7. The Kier molecular flexibility index (Phi) is 4.32. The van der Waals surface area contributed by atoms with Gasteiger partial charge in [0.25, 0.3) is 0 Å². The van der Waals surface area contributed by atoms with E-state index in [4.69, 9.17) is 5.11 Å². The molecule has 1 saturated carbocycles. The molecule has 0 aromatic heterocycles. The van der Waals surface area contributed by atoms with Crippen molar-refractivity contribution in [1.82, 2.24) is 5.32 Å². The van der Waals surface area contributed by atoms with E-state index in [0.29, 0.717) is 12.8 Å². The van der Waals surface area contributed by atoms with E-state index in [-0.39, 0.29) is 5.56 Å². The van der Waals surface area contributed by atoms with E-state index in [0.717, 1.165) is 18.6 Å². The van der Waals surface area contributed by atoms with Crippen LogP contribution < -0.4 is 5.32 Å². The molecule has 20 heavy (non-hydrogen) atoms. The highest BCUT2D eigenvalue weighted by Crippen LogP contribution is 2.26. The minimum atomic E-state index is -0.954. The number of carbonyl (C=O) groups excluding carboxylic acids is 1. The molecule has 108 valence electrons. The van der Waals surface area contributed by atoms with Crippen LogP contribution >= 0.6 is 0 Å². The van der Waals surface area contributed by atoms with Gasteiger partial charge in [-0.25, -0.2) is 8.78 Å². The largest absolute Gasteiger partial charge is 0.481 e. The van der Waals surface area contributed by atoms with Gasteiger partial charge in [0.05, 0.1) is 12.3 Å². The Bertz CT molecular complexity index is 513. The normalized spacial score (nSPS) is 21.7. The molecule has 0 radical (unpaired) electrons. The lowest BCUT2D eigenvalue weighted by atomic mass is 10.0. The summed E-state index contributed by atoms with van der Waals surface area (Å²) in [5.41, 5.74) is -0.296. The fraction of sp³-hybridized carbons (Fsp3) is 0.429.